The van der Waals surface area contributed by atoms with Crippen LogP contribution < -0.4 is 0 Å². The van der Waals surface area contributed by atoms with Gasteiger partial charge in [0.25, 0.3) is 11.7 Å². The number of fused-ring (bicyclic) bond motifs is 1. The van der Waals surface area contributed by atoms with Gasteiger partial charge in [0, 0.05) is 43.2 Å². The van der Waals surface area contributed by atoms with Crippen molar-refractivity contribution < 1.29 is 9.53 Å². The quantitative estimate of drug-likeness (QED) is 0.695. The van der Waals surface area contributed by atoms with Crippen molar-refractivity contribution in [1.82, 2.24) is 24.5 Å². The second-order valence-electron chi connectivity index (χ2n) is 6.84. The van der Waals surface area contributed by atoms with Crippen LogP contribution in [-0.4, -0.2) is 56.2 Å². The lowest BCUT2D eigenvalue weighted by atomic mass is 10.0. The molecular formula is C20H23N5O2. The van der Waals surface area contributed by atoms with Gasteiger partial charge in [0.1, 0.15) is 6.33 Å². The number of nitrogens with zero attached hydrogens (tertiary/aromatic N) is 5. The first-order valence-electron chi connectivity index (χ1n) is 9.41. The summed E-state index contributed by atoms with van der Waals surface area (Å²) in [6, 6.07) is 7.67. The summed E-state index contributed by atoms with van der Waals surface area (Å²) in [6.45, 7) is 4.33. The number of ether oxygens (including phenoxy) is 1. The minimum atomic E-state index is 0.0683. The normalized spacial score (nSPS) is 17.4. The zero-order chi connectivity index (χ0) is 18.6. The van der Waals surface area contributed by atoms with Crippen LogP contribution in [0.5, 0.6) is 0 Å². The Kier molecular flexibility index (Phi) is 5.11. The topological polar surface area (TPSA) is 72.6 Å². The van der Waals surface area contributed by atoms with Crippen molar-refractivity contribution in [2.24, 2.45) is 0 Å². The molecule has 1 aromatic carbocycles. The van der Waals surface area contributed by atoms with Crippen LogP contribution in [0.15, 0.2) is 43.0 Å². The molecule has 2 aromatic heterocycles. The number of benzene rings is 1. The first-order valence-corrected chi connectivity index (χ1v) is 9.41. The molecule has 3 aromatic rings. The molecule has 1 amide bonds. The van der Waals surface area contributed by atoms with Gasteiger partial charge in [-0.2, -0.15) is 0 Å². The Labute approximate surface area is 158 Å². The fraction of sp³-hybridized carbons (Fsp3) is 0.400. The van der Waals surface area contributed by atoms with Gasteiger partial charge in [0.15, 0.2) is 0 Å². The van der Waals surface area contributed by atoms with E-state index in [4.69, 9.17) is 4.74 Å². The van der Waals surface area contributed by atoms with Gasteiger partial charge >= 0.3 is 0 Å². The lowest BCUT2D eigenvalue weighted by molar-refractivity contribution is 0.00211. The van der Waals surface area contributed by atoms with E-state index in [0.29, 0.717) is 17.9 Å². The molecule has 1 aliphatic rings. The van der Waals surface area contributed by atoms with E-state index in [1.54, 1.807) is 16.9 Å². The number of likely N-dealkylation sites (tertiary alicyclic amines) is 1. The molecule has 1 atom stereocenters. The zero-order valence-electron chi connectivity index (χ0n) is 15.4. The Bertz CT molecular complexity index is 922. The zero-order valence-corrected chi connectivity index (χ0v) is 15.4. The summed E-state index contributed by atoms with van der Waals surface area (Å²) in [5, 5.41) is 7.75. The number of hydrogen-bond donors (Lipinski definition) is 0. The molecule has 0 spiro atoms. The molecule has 4 rings (SSSR count). The number of amides is 1. The summed E-state index contributed by atoms with van der Waals surface area (Å²) >= 11 is 0. The van der Waals surface area contributed by atoms with Crippen LogP contribution in [0.2, 0.25) is 0 Å². The van der Waals surface area contributed by atoms with Gasteiger partial charge in [-0.15, -0.1) is 10.2 Å². The van der Waals surface area contributed by atoms with E-state index in [0.717, 1.165) is 43.5 Å². The van der Waals surface area contributed by atoms with Crippen molar-refractivity contribution in [3.63, 3.8) is 0 Å². The van der Waals surface area contributed by atoms with Crippen LogP contribution >= 0.6 is 0 Å². The van der Waals surface area contributed by atoms with Crippen LogP contribution in [0.1, 0.15) is 36.5 Å². The van der Waals surface area contributed by atoms with E-state index in [1.807, 2.05) is 35.4 Å². The van der Waals surface area contributed by atoms with E-state index in [9.17, 15) is 4.79 Å². The average Bonchev–Trinajstić information content (AvgIpc) is 3.20. The summed E-state index contributed by atoms with van der Waals surface area (Å²) in [5.41, 5.74) is 2.65. The lowest BCUT2D eigenvalue weighted by Gasteiger charge is -2.32. The van der Waals surface area contributed by atoms with Crippen molar-refractivity contribution >= 4 is 11.7 Å². The summed E-state index contributed by atoms with van der Waals surface area (Å²) in [4.78, 5) is 19.0. The molecule has 0 saturated carbocycles. The molecule has 0 radical (unpaired) electrons. The third-order valence-corrected chi connectivity index (χ3v) is 4.84. The van der Waals surface area contributed by atoms with Crippen LogP contribution in [0.25, 0.3) is 16.9 Å². The van der Waals surface area contributed by atoms with E-state index >= 15 is 0 Å². The molecule has 140 valence electrons. The molecule has 0 aliphatic carbocycles. The first kappa shape index (κ1) is 17.6. The van der Waals surface area contributed by atoms with Gasteiger partial charge in [0.2, 0.25) is 0 Å². The monoisotopic (exact) mass is 365 g/mol. The van der Waals surface area contributed by atoms with Crippen LogP contribution in [-0.2, 0) is 4.74 Å². The second kappa shape index (κ2) is 7.84. The predicted molar refractivity (Wildman–Crippen MR) is 101 cm³/mol. The predicted octanol–water partition coefficient (Wildman–Crippen LogP) is 2.82. The highest BCUT2D eigenvalue weighted by molar-refractivity contribution is 5.94. The molecule has 1 fully saturated rings. The maximum Gasteiger partial charge on any atom is 0.254 e. The van der Waals surface area contributed by atoms with Crippen LogP contribution in [0, 0.1) is 0 Å². The fourth-order valence-corrected chi connectivity index (χ4v) is 3.41. The van der Waals surface area contributed by atoms with Gasteiger partial charge < -0.3 is 9.64 Å². The Morgan fingerprint density at radius 2 is 2.11 bits per heavy atom. The van der Waals surface area contributed by atoms with Gasteiger partial charge in [-0.05, 0) is 37.0 Å². The van der Waals surface area contributed by atoms with Crippen LogP contribution in [0.4, 0.5) is 0 Å². The maximum absolute atomic E-state index is 12.8. The molecule has 7 nitrogen and oxygen atoms in total. The van der Waals surface area contributed by atoms with Gasteiger partial charge in [-0.1, -0.05) is 19.1 Å². The molecule has 1 aliphatic heterocycles. The minimum absolute atomic E-state index is 0.0683. The van der Waals surface area contributed by atoms with Gasteiger partial charge in [-0.25, -0.2) is 4.98 Å². The summed E-state index contributed by atoms with van der Waals surface area (Å²) < 4.78 is 7.62. The maximum atomic E-state index is 12.8. The highest BCUT2D eigenvalue weighted by atomic mass is 16.5. The lowest BCUT2D eigenvalue weighted by Crippen LogP contribution is -2.43. The van der Waals surface area contributed by atoms with Crippen molar-refractivity contribution in [3.8, 4) is 11.1 Å². The summed E-state index contributed by atoms with van der Waals surface area (Å²) in [5.74, 6) is 0.634. The van der Waals surface area contributed by atoms with E-state index < -0.39 is 0 Å². The van der Waals surface area contributed by atoms with Gasteiger partial charge in [0.05, 0.1) is 6.10 Å². The number of carbonyl (C=O) groups is 1. The third kappa shape index (κ3) is 3.83. The summed E-state index contributed by atoms with van der Waals surface area (Å²) in [6.07, 6.45) is 8.49. The van der Waals surface area contributed by atoms with Crippen LogP contribution in [0.3, 0.4) is 0 Å². The Hall–Kier alpha value is -2.80. The molecule has 1 saturated heterocycles. The Morgan fingerprint density at radius 3 is 2.93 bits per heavy atom. The molecule has 0 bridgehead atoms. The van der Waals surface area contributed by atoms with Crippen molar-refractivity contribution in [2.75, 3.05) is 19.7 Å². The standard InChI is InChI=1S/C20H23N5O2/c1-2-10-27-18-4-3-9-24(13-18)19(26)16-7-5-15(6-8-16)17-11-21-20-23-22-14-25(20)12-17/h5-8,11-12,14,18H,2-4,9-10,13H2,1H3/t18-/m0/s1. The van der Waals surface area contributed by atoms with E-state index in [1.165, 1.54) is 0 Å². The molecule has 27 heavy (non-hydrogen) atoms. The Morgan fingerprint density at radius 1 is 1.26 bits per heavy atom. The molecule has 3 heterocycles. The highest BCUT2D eigenvalue weighted by Gasteiger charge is 2.24. The Balaban J connectivity index is 1.47. The van der Waals surface area contributed by atoms with Crippen molar-refractivity contribution in [2.45, 2.75) is 32.3 Å². The fourth-order valence-electron chi connectivity index (χ4n) is 3.41. The number of carbonyl (C=O) groups excluding carboxylic acids is 1. The number of rotatable bonds is 5. The molecule has 7 heteroatoms. The van der Waals surface area contributed by atoms with E-state index in [-0.39, 0.29) is 12.0 Å². The average molecular weight is 365 g/mol. The second-order valence-corrected chi connectivity index (χ2v) is 6.84. The molecule has 0 unspecified atom stereocenters. The largest absolute Gasteiger partial charge is 0.376 e. The number of aromatic nitrogens is 4. The van der Waals surface area contributed by atoms with Gasteiger partial charge in [-0.3, -0.25) is 9.20 Å². The SMILES string of the molecule is CCCO[C@H]1CCCN(C(=O)c2ccc(-c3cnc4nncn4c3)cc2)C1. The van der Waals surface area contributed by atoms with Crippen molar-refractivity contribution in [3.05, 3.63) is 48.5 Å². The summed E-state index contributed by atoms with van der Waals surface area (Å²) in [7, 11) is 0. The third-order valence-electron chi connectivity index (χ3n) is 4.84. The number of hydrogen-bond acceptors (Lipinski definition) is 5. The molecular weight excluding hydrogens is 342 g/mol. The number of piperidine rings is 1. The highest BCUT2D eigenvalue weighted by Crippen LogP contribution is 2.21. The van der Waals surface area contributed by atoms with Crippen molar-refractivity contribution in [1.29, 1.82) is 0 Å². The minimum Gasteiger partial charge on any atom is -0.376 e. The van der Waals surface area contributed by atoms with E-state index in [2.05, 4.69) is 22.1 Å². The smallest absolute Gasteiger partial charge is 0.254 e. The molecule has 0 N–H and O–H groups in total. The first-order chi connectivity index (χ1) is 13.2.